The fourth-order valence-electron chi connectivity index (χ4n) is 4.17. The van der Waals surface area contributed by atoms with Crippen LogP contribution in [-0.2, 0) is 0 Å². The van der Waals surface area contributed by atoms with Gasteiger partial charge < -0.3 is 5.32 Å². The number of hydrogen-bond donors (Lipinski definition) is 1. The number of carbonyl (C=O) groups excluding carboxylic acids is 1. The van der Waals surface area contributed by atoms with E-state index in [1.54, 1.807) is 0 Å². The number of fused-ring (bicyclic) bond motifs is 1. The van der Waals surface area contributed by atoms with Gasteiger partial charge in [-0.25, -0.2) is 4.68 Å². The Labute approximate surface area is 169 Å². The van der Waals surface area contributed by atoms with Crippen LogP contribution in [0, 0.1) is 13.8 Å². The number of benzene rings is 3. The number of rotatable bonds is 3. The van der Waals surface area contributed by atoms with Crippen molar-refractivity contribution in [2.75, 3.05) is 0 Å². The Kier molecular flexibility index (Phi) is 4.06. The average Bonchev–Trinajstić information content (AvgIpc) is 3.27. The third-order valence-corrected chi connectivity index (χ3v) is 5.33. The van der Waals surface area contributed by atoms with Crippen LogP contribution in [0.25, 0.3) is 16.9 Å². The summed E-state index contributed by atoms with van der Waals surface area (Å²) in [5.74, 6) is -0.130. The van der Waals surface area contributed by atoms with Crippen LogP contribution >= 0.6 is 0 Å². The van der Waals surface area contributed by atoms with Crippen LogP contribution in [0.1, 0.15) is 38.8 Å². The van der Waals surface area contributed by atoms with Crippen molar-refractivity contribution in [1.82, 2.24) is 15.1 Å². The summed E-state index contributed by atoms with van der Waals surface area (Å²) in [7, 11) is 0. The van der Waals surface area contributed by atoms with E-state index >= 15 is 0 Å². The number of hydrogen-bond acceptors (Lipinski definition) is 2. The van der Waals surface area contributed by atoms with Gasteiger partial charge in [0.05, 0.1) is 17.4 Å². The predicted molar refractivity (Wildman–Crippen MR) is 114 cm³/mol. The Bertz CT molecular complexity index is 1190. The molecule has 0 spiro atoms. The molecule has 1 N–H and O–H groups in total. The molecule has 5 rings (SSSR count). The lowest BCUT2D eigenvalue weighted by atomic mass is 9.96. The van der Waals surface area contributed by atoms with E-state index in [2.05, 4.69) is 49.5 Å². The van der Waals surface area contributed by atoms with Crippen molar-refractivity contribution in [3.63, 3.8) is 0 Å². The van der Waals surface area contributed by atoms with Crippen molar-refractivity contribution in [1.29, 1.82) is 0 Å². The Morgan fingerprint density at radius 2 is 1.48 bits per heavy atom. The van der Waals surface area contributed by atoms with E-state index in [-0.39, 0.29) is 11.9 Å². The minimum absolute atomic E-state index is 0.130. The highest BCUT2D eigenvalue weighted by Gasteiger charge is 2.37. The molecule has 1 aliphatic rings. The van der Waals surface area contributed by atoms with Crippen molar-refractivity contribution in [2.45, 2.75) is 19.9 Å². The van der Waals surface area contributed by atoms with E-state index in [0.717, 1.165) is 28.1 Å². The first-order valence-electron chi connectivity index (χ1n) is 9.74. The molecule has 0 radical (unpaired) electrons. The molecule has 29 heavy (non-hydrogen) atoms. The van der Waals surface area contributed by atoms with Crippen molar-refractivity contribution in [3.8, 4) is 16.9 Å². The third kappa shape index (κ3) is 2.93. The van der Waals surface area contributed by atoms with Gasteiger partial charge in [-0.15, -0.1) is 0 Å². The number of amides is 1. The molecule has 3 aromatic carbocycles. The normalized spacial score (nSPS) is 15.2. The van der Waals surface area contributed by atoms with Crippen molar-refractivity contribution < 1.29 is 4.79 Å². The molecule has 4 heteroatoms. The zero-order valence-electron chi connectivity index (χ0n) is 16.4. The zero-order chi connectivity index (χ0) is 20.0. The maximum absolute atomic E-state index is 12.8. The molecule has 0 saturated carbocycles. The zero-order valence-corrected chi connectivity index (χ0v) is 16.4. The second-order valence-corrected chi connectivity index (χ2v) is 7.55. The summed E-state index contributed by atoms with van der Waals surface area (Å²) in [4.78, 5) is 12.8. The van der Waals surface area contributed by atoms with Crippen LogP contribution in [0.5, 0.6) is 0 Å². The maximum Gasteiger partial charge on any atom is 0.272 e. The van der Waals surface area contributed by atoms with Gasteiger partial charge in [0.15, 0.2) is 5.69 Å². The van der Waals surface area contributed by atoms with Gasteiger partial charge in [-0.05, 0) is 42.7 Å². The minimum Gasteiger partial charge on any atom is -0.340 e. The highest BCUT2D eigenvalue weighted by Crippen LogP contribution is 2.39. The molecule has 1 unspecified atom stereocenters. The molecule has 1 atom stereocenters. The first-order valence-corrected chi connectivity index (χ1v) is 9.74. The van der Waals surface area contributed by atoms with Crippen LogP contribution in [0.15, 0.2) is 78.9 Å². The molecule has 0 fully saturated rings. The van der Waals surface area contributed by atoms with Crippen LogP contribution < -0.4 is 5.32 Å². The molecule has 4 nitrogen and oxygen atoms in total. The molecule has 2 heterocycles. The summed E-state index contributed by atoms with van der Waals surface area (Å²) in [6, 6.07) is 26.4. The SMILES string of the molecule is Cc1cc(C)cc(-n2nc3c(c2-c2ccccc2)C(c2ccccc2)NC3=O)c1. The lowest BCUT2D eigenvalue weighted by Gasteiger charge is -2.17. The van der Waals surface area contributed by atoms with E-state index in [1.807, 2.05) is 53.2 Å². The molecule has 1 aliphatic heterocycles. The van der Waals surface area contributed by atoms with E-state index in [4.69, 9.17) is 5.10 Å². The lowest BCUT2D eigenvalue weighted by Crippen LogP contribution is -2.22. The monoisotopic (exact) mass is 379 g/mol. The van der Waals surface area contributed by atoms with Gasteiger partial charge in [-0.2, -0.15) is 5.10 Å². The number of nitrogens with zero attached hydrogens (tertiary/aromatic N) is 2. The first-order chi connectivity index (χ1) is 14.1. The number of aryl methyl sites for hydroxylation is 2. The van der Waals surface area contributed by atoms with Gasteiger partial charge >= 0.3 is 0 Å². The highest BCUT2D eigenvalue weighted by molar-refractivity contribution is 6.00. The Morgan fingerprint density at radius 3 is 2.14 bits per heavy atom. The van der Waals surface area contributed by atoms with Gasteiger partial charge in [-0.1, -0.05) is 66.7 Å². The summed E-state index contributed by atoms with van der Waals surface area (Å²) >= 11 is 0. The highest BCUT2D eigenvalue weighted by atomic mass is 16.2. The largest absolute Gasteiger partial charge is 0.340 e. The van der Waals surface area contributed by atoms with Gasteiger partial charge in [0, 0.05) is 11.1 Å². The number of carbonyl (C=O) groups is 1. The van der Waals surface area contributed by atoms with Gasteiger partial charge in [0.1, 0.15) is 0 Å². The molecule has 142 valence electrons. The quantitative estimate of drug-likeness (QED) is 0.545. The third-order valence-electron chi connectivity index (χ3n) is 5.33. The van der Waals surface area contributed by atoms with Crippen LogP contribution in [0.2, 0.25) is 0 Å². The summed E-state index contributed by atoms with van der Waals surface area (Å²) < 4.78 is 1.93. The maximum atomic E-state index is 12.8. The molecule has 0 aliphatic carbocycles. The standard InChI is InChI=1S/C25H21N3O/c1-16-13-17(2)15-20(14-16)28-24(19-11-7-4-8-12-19)21-22(18-9-5-3-6-10-18)26-25(29)23(21)27-28/h3-15,22H,1-2H3,(H,26,29). The Hall–Kier alpha value is -3.66. The molecule has 0 saturated heterocycles. The fourth-order valence-corrected chi connectivity index (χ4v) is 4.17. The minimum atomic E-state index is -0.214. The summed E-state index contributed by atoms with van der Waals surface area (Å²) in [6.07, 6.45) is 0. The van der Waals surface area contributed by atoms with E-state index in [9.17, 15) is 4.79 Å². The first kappa shape index (κ1) is 17.4. The fraction of sp³-hybridized carbons (Fsp3) is 0.120. The molecule has 4 aromatic rings. The number of aromatic nitrogens is 2. The van der Waals surface area contributed by atoms with Gasteiger partial charge in [-0.3, -0.25) is 4.79 Å². The van der Waals surface area contributed by atoms with E-state index in [0.29, 0.717) is 5.69 Å². The van der Waals surface area contributed by atoms with Crippen LogP contribution in [0.4, 0.5) is 0 Å². The van der Waals surface area contributed by atoms with Crippen molar-refractivity contribution in [2.24, 2.45) is 0 Å². The molecule has 0 bridgehead atoms. The topological polar surface area (TPSA) is 46.9 Å². The Morgan fingerprint density at radius 1 is 0.862 bits per heavy atom. The van der Waals surface area contributed by atoms with Crippen molar-refractivity contribution in [3.05, 3.63) is 107 Å². The predicted octanol–water partition coefficient (Wildman–Crippen LogP) is 4.99. The van der Waals surface area contributed by atoms with Crippen molar-refractivity contribution >= 4 is 5.91 Å². The summed E-state index contributed by atoms with van der Waals surface area (Å²) in [5.41, 5.74) is 7.78. The van der Waals surface area contributed by atoms with Gasteiger partial charge in [0.25, 0.3) is 5.91 Å². The molecule has 1 aromatic heterocycles. The Balaban J connectivity index is 1.80. The molecular weight excluding hydrogens is 358 g/mol. The summed E-state index contributed by atoms with van der Waals surface area (Å²) in [6.45, 7) is 4.16. The van der Waals surface area contributed by atoms with Gasteiger partial charge in [0.2, 0.25) is 0 Å². The second-order valence-electron chi connectivity index (χ2n) is 7.55. The lowest BCUT2D eigenvalue weighted by molar-refractivity contribution is 0.0955. The molecule has 1 amide bonds. The van der Waals surface area contributed by atoms with Crippen LogP contribution in [0.3, 0.4) is 0 Å². The number of nitrogens with one attached hydrogen (secondary N) is 1. The smallest absolute Gasteiger partial charge is 0.272 e. The van der Waals surface area contributed by atoms with E-state index in [1.165, 1.54) is 11.1 Å². The van der Waals surface area contributed by atoms with E-state index < -0.39 is 0 Å². The van der Waals surface area contributed by atoms with Crippen LogP contribution in [-0.4, -0.2) is 15.7 Å². The second kappa shape index (κ2) is 6.74. The molecular formula is C25H21N3O. The summed E-state index contributed by atoms with van der Waals surface area (Å²) in [5, 5.41) is 7.89. The average molecular weight is 379 g/mol.